The summed E-state index contributed by atoms with van der Waals surface area (Å²) in [5.74, 6) is -0.328. The molecule has 1 aliphatic rings. The first-order valence-electron chi connectivity index (χ1n) is 10.1. The summed E-state index contributed by atoms with van der Waals surface area (Å²) in [6.45, 7) is 4.56. The number of anilines is 1. The molecule has 1 heterocycles. The van der Waals surface area contributed by atoms with Gasteiger partial charge < -0.3 is 15.1 Å². The molecular weight excluding hydrogens is 367 g/mol. The van der Waals surface area contributed by atoms with Crippen LogP contribution in [-0.4, -0.2) is 69.6 Å². The molecule has 1 atom stereocenters. The molecule has 0 radical (unpaired) electrons. The van der Waals surface area contributed by atoms with Gasteiger partial charge in [-0.3, -0.25) is 9.69 Å². The third-order valence-electron chi connectivity index (χ3n) is 5.54. The van der Waals surface area contributed by atoms with Crippen LogP contribution in [0.25, 0.3) is 0 Å². The van der Waals surface area contributed by atoms with Gasteiger partial charge in [-0.05, 0) is 42.4 Å². The fourth-order valence-corrected chi connectivity index (χ4v) is 3.65. The first-order chi connectivity index (χ1) is 13.9. The summed E-state index contributed by atoms with van der Waals surface area (Å²) in [5.41, 5.74) is 3.18. The summed E-state index contributed by atoms with van der Waals surface area (Å²) in [4.78, 5) is 19.3. The highest BCUT2D eigenvalue weighted by atomic mass is 19.1. The molecule has 2 aromatic rings. The van der Waals surface area contributed by atoms with Gasteiger partial charge in [0, 0.05) is 52.5 Å². The van der Waals surface area contributed by atoms with Gasteiger partial charge in [-0.15, -0.1) is 0 Å². The third kappa shape index (κ3) is 6.02. The highest BCUT2D eigenvalue weighted by molar-refractivity contribution is 5.78. The number of halogens is 1. The predicted octanol–water partition coefficient (Wildman–Crippen LogP) is 2.54. The molecule has 0 saturated carbocycles. The molecule has 5 nitrogen and oxygen atoms in total. The molecule has 156 valence electrons. The average Bonchev–Trinajstić information content (AvgIpc) is 2.71. The highest BCUT2D eigenvalue weighted by Crippen LogP contribution is 2.24. The zero-order valence-corrected chi connectivity index (χ0v) is 17.6. The van der Waals surface area contributed by atoms with Gasteiger partial charge in [-0.1, -0.05) is 24.3 Å². The quantitative estimate of drug-likeness (QED) is 0.778. The molecule has 1 fully saturated rings. The maximum absolute atomic E-state index is 13.1. The molecule has 0 aliphatic carbocycles. The molecule has 6 heteroatoms. The van der Waals surface area contributed by atoms with Gasteiger partial charge in [-0.25, -0.2) is 4.39 Å². The second-order valence-electron chi connectivity index (χ2n) is 7.95. The van der Waals surface area contributed by atoms with Crippen molar-refractivity contribution in [1.82, 2.24) is 15.1 Å². The molecule has 1 unspecified atom stereocenters. The van der Waals surface area contributed by atoms with Crippen LogP contribution < -0.4 is 10.2 Å². The fraction of sp³-hybridized carbons (Fsp3) is 0.435. The highest BCUT2D eigenvalue weighted by Gasteiger charge is 2.24. The maximum Gasteiger partial charge on any atom is 0.224 e. The Kier molecular flexibility index (Phi) is 7.23. The van der Waals surface area contributed by atoms with Crippen LogP contribution in [0.4, 0.5) is 10.1 Å². The Morgan fingerprint density at radius 3 is 2.24 bits per heavy atom. The lowest BCUT2D eigenvalue weighted by atomic mass is 10.0. The van der Waals surface area contributed by atoms with E-state index in [1.54, 1.807) is 12.1 Å². The van der Waals surface area contributed by atoms with Crippen molar-refractivity contribution in [2.24, 2.45) is 0 Å². The largest absolute Gasteiger partial charge is 0.378 e. The SMILES string of the molecule is CN1CCN(C(CNC(=O)Cc2ccc(F)cc2)c2ccc(N(C)C)cc2)CC1. The molecule has 1 amide bonds. The zero-order valence-electron chi connectivity index (χ0n) is 17.6. The second-order valence-corrected chi connectivity index (χ2v) is 7.95. The van der Waals surface area contributed by atoms with Gasteiger partial charge in [0.25, 0.3) is 0 Å². The predicted molar refractivity (Wildman–Crippen MR) is 116 cm³/mol. The Labute approximate surface area is 173 Å². The number of amides is 1. The summed E-state index contributed by atoms with van der Waals surface area (Å²) < 4.78 is 13.1. The van der Waals surface area contributed by atoms with E-state index in [-0.39, 0.29) is 24.2 Å². The number of carbonyl (C=O) groups is 1. The summed E-state index contributed by atoms with van der Waals surface area (Å²) in [6.07, 6.45) is 0.259. The smallest absolute Gasteiger partial charge is 0.224 e. The molecular formula is C23H31FN4O. The Morgan fingerprint density at radius 1 is 1.03 bits per heavy atom. The van der Waals surface area contributed by atoms with E-state index in [0.717, 1.165) is 37.4 Å². The van der Waals surface area contributed by atoms with Crippen molar-refractivity contribution in [2.45, 2.75) is 12.5 Å². The number of rotatable bonds is 7. The second kappa shape index (κ2) is 9.85. The number of carbonyl (C=O) groups excluding carboxylic acids is 1. The lowest BCUT2D eigenvalue weighted by Gasteiger charge is -2.38. The van der Waals surface area contributed by atoms with Crippen LogP contribution in [0.1, 0.15) is 17.2 Å². The van der Waals surface area contributed by atoms with Crippen LogP contribution in [0.3, 0.4) is 0 Å². The van der Waals surface area contributed by atoms with Gasteiger partial charge in [0.05, 0.1) is 12.5 Å². The Balaban J connectivity index is 1.67. The van der Waals surface area contributed by atoms with Crippen molar-refractivity contribution in [3.8, 4) is 0 Å². The summed E-state index contributed by atoms with van der Waals surface area (Å²) in [5, 5.41) is 3.09. The standard InChI is InChI=1S/C23H31FN4O/c1-26(2)21-10-6-19(7-11-21)22(28-14-12-27(3)13-15-28)17-25-23(29)16-18-4-8-20(24)9-5-18/h4-11,22H,12-17H2,1-3H3,(H,25,29). The van der Waals surface area contributed by atoms with Crippen molar-refractivity contribution >= 4 is 11.6 Å². The zero-order chi connectivity index (χ0) is 20.8. The monoisotopic (exact) mass is 398 g/mol. The van der Waals surface area contributed by atoms with E-state index in [0.29, 0.717) is 6.54 Å². The first-order valence-corrected chi connectivity index (χ1v) is 10.1. The number of likely N-dealkylation sites (N-methyl/N-ethyl adjacent to an activating group) is 1. The minimum absolute atomic E-state index is 0.0411. The molecule has 29 heavy (non-hydrogen) atoms. The summed E-state index contributed by atoms with van der Waals surface area (Å²) in [7, 11) is 6.20. The number of hydrogen-bond acceptors (Lipinski definition) is 4. The van der Waals surface area contributed by atoms with Crippen molar-refractivity contribution in [1.29, 1.82) is 0 Å². The van der Waals surface area contributed by atoms with Crippen molar-refractivity contribution < 1.29 is 9.18 Å². The normalized spacial score (nSPS) is 16.4. The van der Waals surface area contributed by atoms with Gasteiger partial charge >= 0.3 is 0 Å². The van der Waals surface area contributed by atoms with E-state index >= 15 is 0 Å². The molecule has 1 aliphatic heterocycles. The number of hydrogen-bond donors (Lipinski definition) is 1. The third-order valence-corrected chi connectivity index (χ3v) is 5.54. The Bertz CT molecular complexity index is 784. The number of nitrogens with one attached hydrogen (secondary N) is 1. The molecule has 1 saturated heterocycles. The van der Waals surface area contributed by atoms with E-state index in [1.807, 2.05) is 14.1 Å². The summed E-state index contributed by atoms with van der Waals surface area (Å²) in [6, 6.07) is 14.8. The minimum Gasteiger partial charge on any atom is -0.378 e. The lowest BCUT2D eigenvalue weighted by molar-refractivity contribution is -0.120. The van der Waals surface area contributed by atoms with Crippen LogP contribution in [0, 0.1) is 5.82 Å². The van der Waals surface area contributed by atoms with E-state index < -0.39 is 0 Å². The fourth-order valence-electron chi connectivity index (χ4n) is 3.65. The minimum atomic E-state index is -0.287. The Morgan fingerprint density at radius 2 is 1.66 bits per heavy atom. The lowest BCUT2D eigenvalue weighted by Crippen LogP contribution is -2.48. The van der Waals surface area contributed by atoms with E-state index in [4.69, 9.17) is 0 Å². The maximum atomic E-state index is 13.1. The van der Waals surface area contributed by atoms with Gasteiger partial charge in [0.1, 0.15) is 5.82 Å². The van der Waals surface area contributed by atoms with Crippen LogP contribution in [0.15, 0.2) is 48.5 Å². The van der Waals surface area contributed by atoms with Gasteiger partial charge in [0.2, 0.25) is 5.91 Å². The topological polar surface area (TPSA) is 38.8 Å². The van der Waals surface area contributed by atoms with Crippen LogP contribution >= 0.6 is 0 Å². The van der Waals surface area contributed by atoms with E-state index in [1.165, 1.54) is 17.7 Å². The molecule has 0 spiro atoms. The van der Waals surface area contributed by atoms with E-state index in [2.05, 4.69) is 51.3 Å². The van der Waals surface area contributed by atoms with E-state index in [9.17, 15) is 9.18 Å². The summed E-state index contributed by atoms with van der Waals surface area (Å²) >= 11 is 0. The molecule has 0 aromatic heterocycles. The van der Waals surface area contributed by atoms with Crippen LogP contribution in [0.2, 0.25) is 0 Å². The van der Waals surface area contributed by atoms with Crippen molar-refractivity contribution in [3.63, 3.8) is 0 Å². The van der Waals surface area contributed by atoms with Gasteiger partial charge in [0.15, 0.2) is 0 Å². The molecule has 2 aromatic carbocycles. The van der Waals surface area contributed by atoms with Gasteiger partial charge in [-0.2, -0.15) is 0 Å². The first kappa shape index (κ1) is 21.3. The Hall–Kier alpha value is -2.44. The number of piperazine rings is 1. The van der Waals surface area contributed by atoms with Crippen LogP contribution in [0.5, 0.6) is 0 Å². The molecule has 3 rings (SSSR count). The van der Waals surface area contributed by atoms with Crippen LogP contribution in [-0.2, 0) is 11.2 Å². The van der Waals surface area contributed by atoms with Crippen molar-refractivity contribution in [3.05, 3.63) is 65.5 Å². The average molecular weight is 399 g/mol. The van der Waals surface area contributed by atoms with Crippen molar-refractivity contribution in [2.75, 3.05) is 58.8 Å². The molecule has 0 bridgehead atoms. The molecule has 1 N–H and O–H groups in total. The number of benzene rings is 2. The number of nitrogens with zero attached hydrogens (tertiary/aromatic N) is 3.